The van der Waals surface area contributed by atoms with Gasteiger partial charge in [-0.25, -0.2) is 9.59 Å². The maximum Gasteiger partial charge on any atom is 0.416 e. The summed E-state index contributed by atoms with van der Waals surface area (Å²) in [5, 5.41) is 2.93. The Bertz CT molecular complexity index is 1010. The molecular weight excluding hydrogens is 451 g/mol. The highest BCUT2D eigenvalue weighted by molar-refractivity contribution is 6.14. The van der Waals surface area contributed by atoms with E-state index in [4.69, 9.17) is 0 Å². The minimum atomic E-state index is -4.34. The Morgan fingerprint density at radius 3 is 2.15 bits per heavy atom. The Morgan fingerprint density at radius 1 is 0.971 bits per heavy atom. The molecule has 0 spiro atoms. The number of ether oxygens (including phenoxy) is 2. The van der Waals surface area contributed by atoms with Crippen molar-refractivity contribution in [3.8, 4) is 0 Å². The van der Waals surface area contributed by atoms with Crippen LogP contribution in [0.4, 0.5) is 24.5 Å². The van der Waals surface area contributed by atoms with Crippen LogP contribution in [-0.4, -0.2) is 57.2 Å². The molecule has 0 unspecified atom stereocenters. The number of esters is 2. The Morgan fingerprint density at radius 2 is 1.59 bits per heavy atom. The summed E-state index contributed by atoms with van der Waals surface area (Å²) in [6.45, 7) is 3.60. The Labute approximate surface area is 195 Å². The van der Waals surface area contributed by atoms with Crippen molar-refractivity contribution < 1.29 is 32.2 Å². The van der Waals surface area contributed by atoms with E-state index in [1.54, 1.807) is 6.07 Å². The number of nitrogens with one attached hydrogen (secondary N) is 1. The molecule has 0 atom stereocenters. The zero-order valence-corrected chi connectivity index (χ0v) is 18.9. The fourth-order valence-corrected chi connectivity index (χ4v) is 3.62. The molecule has 0 bridgehead atoms. The molecule has 34 heavy (non-hydrogen) atoms. The minimum absolute atomic E-state index is 0.255. The maximum absolute atomic E-state index is 12.8. The fourth-order valence-electron chi connectivity index (χ4n) is 3.62. The van der Waals surface area contributed by atoms with Crippen molar-refractivity contribution in [2.75, 3.05) is 50.6 Å². The zero-order valence-electron chi connectivity index (χ0n) is 18.9. The first-order valence-corrected chi connectivity index (χ1v) is 10.6. The van der Waals surface area contributed by atoms with Crippen molar-refractivity contribution in [2.24, 2.45) is 0 Å². The van der Waals surface area contributed by atoms with Gasteiger partial charge in [-0.05, 0) is 42.0 Å². The second-order valence-corrected chi connectivity index (χ2v) is 7.69. The van der Waals surface area contributed by atoms with Gasteiger partial charge in [0, 0.05) is 50.3 Å². The molecule has 1 aliphatic rings. The average Bonchev–Trinajstić information content (AvgIpc) is 2.84. The first-order valence-electron chi connectivity index (χ1n) is 10.6. The Balaban J connectivity index is 1.57. The number of hydrogen-bond donors (Lipinski definition) is 1. The van der Waals surface area contributed by atoms with Gasteiger partial charge in [0.1, 0.15) is 0 Å². The molecule has 0 aromatic heterocycles. The van der Waals surface area contributed by atoms with Crippen molar-refractivity contribution in [3.05, 3.63) is 71.4 Å². The number of piperazine rings is 1. The molecule has 0 radical (unpaired) electrons. The van der Waals surface area contributed by atoms with Crippen LogP contribution >= 0.6 is 0 Å². The lowest BCUT2D eigenvalue weighted by Crippen LogP contribution is -2.45. The van der Waals surface area contributed by atoms with Crippen LogP contribution < -0.4 is 10.2 Å². The quantitative estimate of drug-likeness (QED) is 0.282. The van der Waals surface area contributed by atoms with Crippen molar-refractivity contribution in [1.29, 1.82) is 0 Å². The zero-order chi connectivity index (χ0) is 24.7. The molecule has 1 fully saturated rings. The van der Waals surface area contributed by atoms with Crippen LogP contribution in [0, 0.1) is 0 Å². The van der Waals surface area contributed by atoms with Gasteiger partial charge in [-0.1, -0.05) is 12.1 Å². The summed E-state index contributed by atoms with van der Waals surface area (Å²) in [5.74, 6) is -1.61. The van der Waals surface area contributed by atoms with Crippen molar-refractivity contribution in [1.82, 2.24) is 4.90 Å². The predicted octanol–water partition coefficient (Wildman–Crippen LogP) is 3.67. The highest BCUT2D eigenvalue weighted by atomic mass is 19.4. The van der Waals surface area contributed by atoms with Crippen LogP contribution in [0.15, 0.2) is 60.3 Å². The predicted molar refractivity (Wildman–Crippen MR) is 121 cm³/mol. The summed E-state index contributed by atoms with van der Waals surface area (Å²) in [6, 6.07) is 12.8. The Kier molecular flexibility index (Phi) is 8.17. The second kappa shape index (κ2) is 11.1. The number of hydrogen-bond acceptors (Lipinski definition) is 7. The van der Waals surface area contributed by atoms with Crippen molar-refractivity contribution in [2.45, 2.75) is 12.7 Å². The summed E-state index contributed by atoms with van der Waals surface area (Å²) in [4.78, 5) is 27.8. The molecule has 10 heteroatoms. The highest BCUT2D eigenvalue weighted by Gasteiger charge is 2.30. The lowest BCUT2D eigenvalue weighted by molar-refractivity contribution is -0.144. The van der Waals surface area contributed by atoms with Gasteiger partial charge in [0.05, 0.1) is 19.8 Å². The smallest absolute Gasteiger partial charge is 0.416 e. The molecule has 0 aliphatic carbocycles. The van der Waals surface area contributed by atoms with Gasteiger partial charge >= 0.3 is 18.1 Å². The van der Waals surface area contributed by atoms with Crippen LogP contribution in [0.2, 0.25) is 0 Å². The summed E-state index contributed by atoms with van der Waals surface area (Å²) < 4.78 is 47.5. The topological polar surface area (TPSA) is 71.1 Å². The third kappa shape index (κ3) is 6.50. The molecule has 2 aromatic carbocycles. The number of nitrogens with zero attached hydrogens (tertiary/aromatic N) is 2. The molecule has 3 rings (SSSR count). The normalized spacial score (nSPS) is 14.3. The van der Waals surface area contributed by atoms with Crippen molar-refractivity contribution >= 4 is 23.3 Å². The summed E-state index contributed by atoms with van der Waals surface area (Å²) in [6.07, 6.45) is -3.09. The lowest BCUT2D eigenvalue weighted by Gasteiger charge is -2.36. The van der Waals surface area contributed by atoms with E-state index in [1.807, 2.05) is 18.2 Å². The monoisotopic (exact) mass is 477 g/mol. The van der Waals surface area contributed by atoms with Crippen LogP contribution in [-0.2, 0) is 31.8 Å². The van der Waals surface area contributed by atoms with Crippen LogP contribution in [0.3, 0.4) is 0 Å². The molecule has 2 aromatic rings. The second-order valence-electron chi connectivity index (χ2n) is 7.69. The number of carbonyl (C=O) groups excluding carboxylic acids is 2. The summed E-state index contributed by atoms with van der Waals surface area (Å²) in [7, 11) is 2.36. The molecule has 1 saturated heterocycles. The fraction of sp³-hybridized carbons (Fsp3) is 0.333. The molecule has 7 nitrogen and oxygen atoms in total. The highest BCUT2D eigenvalue weighted by Crippen LogP contribution is 2.30. The van der Waals surface area contributed by atoms with E-state index < -0.39 is 23.7 Å². The SMILES string of the molecule is COC(=O)C(=CNc1cccc(CN2CCN(c3ccc(C(F)(F)F)cc3)CC2)c1)C(=O)OC. The van der Waals surface area contributed by atoms with Gasteiger partial charge in [0.2, 0.25) is 0 Å². The number of benzene rings is 2. The van der Waals surface area contributed by atoms with E-state index in [9.17, 15) is 22.8 Å². The number of alkyl halides is 3. The van der Waals surface area contributed by atoms with Crippen molar-refractivity contribution in [3.63, 3.8) is 0 Å². The van der Waals surface area contributed by atoms with Gasteiger partial charge in [-0.15, -0.1) is 0 Å². The van der Waals surface area contributed by atoms with Gasteiger partial charge in [-0.2, -0.15) is 13.2 Å². The molecule has 1 heterocycles. The number of carbonyl (C=O) groups is 2. The number of halogens is 3. The lowest BCUT2D eigenvalue weighted by atomic mass is 10.1. The third-order valence-electron chi connectivity index (χ3n) is 5.46. The number of rotatable bonds is 7. The van der Waals surface area contributed by atoms with Crippen LogP contribution in [0.5, 0.6) is 0 Å². The van der Waals surface area contributed by atoms with E-state index in [1.165, 1.54) is 32.6 Å². The number of methoxy groups -OCH3 is 2. The molecular formula is C24H26F3N3O4. The van der Waals surface area contributed by atoms with Crippen LogP contribution in [0.25, 0.3) is 0 Å². The van der Waals surface area contributed by atoms with E-state index in [-0.39, 0.29) is 5.57 Å². The van der Waals surface area contributed by atoms with Gasteiger partial charge in [0.25, 0.3) is 0 Å². The number of anilines is 2. The standard InChI is InChI=1S/C24H26F3N3O4/c1-33-22(31)21(23(32)34-2)15-28-19-5-3-4-17(14-19)16-29-10-12-30(13-11-29)20-8-6-18(7-9-20)24(25,26)27/h3-9,14-15,28H,10-13,16H2,1-2H3. The van der Waals surface area contributed by atoms with E-state index in [2.05, 4.69) is 24.6 Å². The minimum Gasteiger partial charge on any atom is -0.465 e. The molecule has 182 valence electrons. The summed E-state index contributed by atoms with van der Waals surface area (Å²) >= 11 is 0. The van der Waals surface area contributed by atoms with Gasteiger partial charge in [0.15, 0.2) is 5.57 Å². The first kappa shape index (κ1) is 25.1. The average molecular weight is 477 g/mol. The van der Waals surface area contributed by atoms with Gasteiger partial charge in [-0.3, -0.25) is 4.90 Å². The summed E-state index contributed by atoms with van der Waals surface area (Å²) in [5.41, 5.74) is 1.58. The Hall–Kier alpha value is -3.53. The van der Waals surface area contributed by atoms with Crippen LogP contribution in [0.1, 0.15) is 11.1 Å². The molecule has 0 amide bonds. The van der Waals surface area contributed by atoms with E-state index in [0.29, 0.717) is 25.3 Å². The van der Waals surface area contributed by atoms with Gasteiger partial charge < -0.3 is 19.7 Å². The van der Waals surface area contributed by atoms with E-state index >= 15 is 0 Å². The van der Waals surface area contributed by atoms with E-state index in [0.717, 1.165) is 36.5 Å². The third-order valence-corrected chi connectivity index (χ3v) is 5.46. The molecule has 1 aliphatic heterocycles. The maximum atomic E-state index is 12.8. The molecule has 1 N–H and O–H groups in total. The molecule has 0 saturated carbocycles. The first-order chi connectivity index (χ1) is 16.2. The largest absolute Gasteiger partial charge is 0.465 e.